The third-order valence-electron chi connectivity index (χ3n) is 2.49. The van der Waals surface area contributed by atoms with Crippen LogP contribution in [0.5, 0.6) is 0 Å². The van der Waals surface area contributed by atoms with Crippen molar-refractivity contribution in [3.8, 4) is 0 Å². The second-order valence-electron chi connectivity index (χ2n) is 3.55. The fraction of sp³-hybridized carbons (Fsp3) is 0.444. The molecular formula is C9H9F3N4O. The molecule has 0 unspecified atom stereocenters. The predicted molar refractivity (Wildman–Crippen MR) is 50.6 cm³/mol. The van der Waals surface area contributed by atoms with Crippen molar-refractivity contribution in [2.24, 2.45) is 0 Å². The van der Waals surface area contributed by atoms with Crippen molar-refractivity contribution < 1.29 is 18.0 Å². The molecule has 0 fully saturated rings. The van der Waals surface area contributed by atoms with Crippen LogP contribution in [0, 0.1) is 0 Å². The van der Waals surface area contributed by atoms with Crippen LogP contribution in [-0.2, 0) is 24.1 Å². The maximum atomic E-state index is 12.5. The smallest absolute Gasteiger partial charge is 0.330 e. The predicted octanol–water partition coefficient (Wildman–Crippen LogP) is 0.825. The monoisotopic (exact) mass is 246 g/mol. The Labute approximate surface area is 94.5 Å². The summed E-state index contributed by atoms with van der Waals surface area (Å²) in [6, 6.07) is 0. The molecule has 8 heteroatoms. The molecule has 2 rings (SSSR count). The number of fused-ring (bicyclic) bond motifs is 1. The van der Waals surface area contributed by atoms with Gasteiger partial charge in [-0.3, -0.25) is 4.79 Å². The molecule has 0 aliphatic carbocycles. The fourth-order valence-electron chi connectivity index (χ4n) is 1.68. The van der Waals surface area contributed by atoms with Crippen LogP contribution < -0.4 is 0 Å². The zero-order valence-electron chi connectivity index (χ0n) is 8.74. The minimum atomic E-state index is -4.52. The van der Waals surface area contributed by atoms with Gasteiger partial charge in [0.25, 0.3) is 0 Å². The lowest BCUT2D eigenvalue weighted by Crippen LogP contribution is -2.38. The Balaban J connectivity index is 2.27. The van der Waals surface area contributed by atoms with Gasteiger partial charge in [0.1, 0.15) is 0 Å². The van der Waals surface area contributed by atoms with Gasteiger partial charge in [-0.15, -0.1) is 10.2 Å². The third-order valence-corrected chi connectivity index (χ3v) is 2.49. The number of alkyl halides is 3. The van der Waals surface area contributed by atoms with Gasteiger partial charge in [-0.25, -0.2) is 0 Å². The van der Waals surface area contributed by atoms with Crippen LogP contribution in [0.1, 0.15) is 11.6 Å². The summed E-state index contributed by atoms with van der Waals surface area (Å²) in [6.45, 7) is 3.58. The van der Waals surface area contributed by atoms with Gasteiger partial charge < -0.3 is 9.47 Å². The van der Waals surface area contributed by atoms with Crippen molar-refractivity contribution in [3.63, 3.8) is 0 Å². The average Bonchev–Trinajstić information content (AvgIpc) is 2.70. The molecule has 17 heavy (non-hydrogen) atoms. The molecule has 0 saturated heterocycles. The van der Waals surface area contributed by atoms with Gasteiger partial charge in [-0.2, -0.15) is 13.2 Å². The Bertz CT molecular complexity index is 465. The van der Waals surface area contributed by atoms with Crippen LogP contribution in [0.3, 0.4) is 0 Å². The highest BCUT2D eigenvalue weighted by molar-refractivity contribution is 5.86. The highest BCUT2D eigenvalue weighted by Gasteiger charge is 2.39. The summed E-state index contributed by atoms with van der Waals surface area (Å²) in [5.41, 5.74) is 0. The van der Waals surface area contributed by atoms with E-state index in [2.05, 4.69) is 16.8 Å². The first-order valence-corrected chi connectivity index (χ1v) is 4.84. The van der Waals surface area contributed by atoms with E-state index in [0.29, 0.717) is 0 Å². The first-order chi connectivity index (χ1) is 7.93. The molecule has 0 bridgehead atoms. The Kier molecular flexibility index (Phi) is 2.64. The quantitative estimate of drug-likeness (QED) is 0.689. The van der Waals surface area contributed by atoms with Gasteiger partial charge in [0.15, 0.2) is 5.82 Å². The molecule has 92 valence electrons. The van der Waals surface area contributed by atoms with Gasteiger partial charge >= 0.3 is 6.18 Å². The molecule has 1 amide bonds. The lowest BCUT2D eigenvalue weighted by atomic mass is 10.3. The minimum absolute atomic E-state index is 0.0218. The topological polar surface area (TPSA) is 51.0 Å². The molecule has 2 heterocycles. The zero-order valence-corrected chi connectivity index (χ0v) is 8.74. The van der Waals surface area contributed by atoms with E-state index in [1.54, 1.807) is 0 Å². The standard InChI is InChI=1S/C9H9F3N4O/c1-2-7(17)15-3-4-16-6(5-15)13-14-8(16)9(10,11)12/h2H,1,3-5H2. The number of aromatic nitrogens is 3. The number of rotatable bonds is 1. The van der Waals surface area contributed by atoms with Crippen molar-refractivity contribution in [1.29, 1.82) is 0 Å². The molecule has 1 aliphatic heterocycles. The van der Waals surface area contributed by atoms with Crippen molar-refractivity contribution in [3.05, 3.63) is 24.3 Å². The molecule has 0 N–H and O–H groups in total. The molecule has 0 spiro atoms. The fourth-order valence-corrected chi connectivity index (χ4v) is 1.68. The van der Waals surface area contributed by atoms with E-state index in [1.807, 2.05) is 0 Å². The molecule has 0 radical (unpaired) electrons. The van der Waals surface area contributed by atoms with Crippen LogP contribution in [0.25, 0.3) is 0 Å². The van der Waals surface area contributed by atoms with E-state index in [4.69, 9.17) is 0 Å². The average molecular weight is 246 g/mol. The van der Waals surface area contributed by atoms with Crippen molar-refractivity contribution in [2.75, 3.05) is 6.54 Å². The van der Waals surface area contributed by atoms with Crippen molar-refractivity contribution >= 4 is 5.91 Å². The van der Waals surface area contributed by atoms with Gasteiger partial charge in [-0.05, 0) is 6.08 Å². The maximum Gasteiger partial charge on any atom is 0.451 e. The lowest BCUT2D eigenvalue weighted by Gasteiger charge is -2.26. The van der Waals surface area contributed by atoms with Crippen molar-refractivity contribution in [2.45, 2.75) is 19.3 Å². The normalized spacial score (nSPS) is 15.6. The van der Waals surface area contributed by atoms with E-state index in [9.17, 15) is 18.0 Å². The van der Waals surface area contributed by atoms with Crippen LogP contribution in [0.15, 0.2) is 12.7 Å². The van der Waals surface area contributed by atoms with Crippen LogP contribution >= 0.6 is 0 Å². The number of amides is 1. The van der Waals surface area contributed by atoms with Gasteiger partial charge in [0.05, 0.1) is 6.54 Å². The Morgan fingerprint density at radius 3 is 2.65 bits per heavy atom. The number of nitrogens with zero attached hydrogens (tertiary/aromatic N) is 4. The summed E-state index contributed by atoms with van der Waals surface area (Å²) < 4.78 is 38.5. The van der Waals surface area contributed by atoms with Gasteiger partial charge in [0, 0.05) is 13.1 Å². The highest BCUT2D eigenvalue weighted by atomic mass is 19.4. The van der Waals surface area contributed by atoms with E-state index >= 15 is 0 Å². The second-order valence-corrected chi connectivity index (χ2v) is 3.55. The SMILES string of the molecule is C=CC(=O)N1CCn2c(nnc2C(F)(F)F)C1. The summed E-state index contributed by atoms with van der Waals surface area (Å²) in [5, 5.41) is 6.57. The summed E-state index contributed by atoms with van der Waals surface area (Å²) in [6.07, 6.45) is -3.40. The zero-order chi connectivity index (χ0) is 12.6. The number of hydrogen-bond acceptors (Lipinski definition) is 3. The minimum Gasteiger partial charge on any atom is -0.330 e. The molecular weight excluding hydrogens is 237 g/mol. The first-order valence-electron chi connectivity index (χ1n) is 4.84. The van der Waals surface area contributed by atoms with E-state index < -0.39 is 12.0 Å². The van der Waals surface area contributed by atoms with Gasteiger partial charge in [0.2, 0.25) is 11.7 Å². The molecule has 1 aliphatic rings. The van der Waals surface area contributed by atoms with E-state index in [0.717, 1.165) is 10.6 Å². The van der Waals surface area contributed by atoms with Gasteiger partial charge in [-0.1, -0.05) is 6.58 Å². The molecule has 0 saturated carbocycles. The Morgan fingerprint density at radius 1 is 1.35 bits per heavy atom. The Morgan fingerprint density at radius 2 is 2.06 bits per heavy atom. The van der Waals surface area contributed by atoms with Crippen LogP contribution in [0.2, 0.25) is 0 Å². The van der Waals surface area contributed by atoms with E-state index in [-0.39, 0.29) is 31.4 Å². The number of halogens is 3. The summed E-state index contributed by atoms with van der Waals surface area (Å²) in [4.78, 5) is 12.7. The molecule has 5 nitrogen and oxygen atoms in total. The molecule has 1 aromatic heterocycles. The van der Waals surface area contributed by atoms with Crippen molar-refractivity contribution in [1.82, 2.24) is 19.7 Å². The lowest BCUT2D eigenvalue weighted by molar-refractivity contribution is -0.148. The largest absolute Gasteiger partial charge is 0.451 e. The Hall–Kier alpha value is -1.86. The van der Waals surface area contributed by atoms with Crippen LogP contribution in [0.4, 0.5) is 13.2 Å². The van der Waals surface area contributed by atoms with Crippen LogP contribution in [-0.4, -0.2) is 32.1 Å². The molecule has 1 aromatic rings. The third kappa shape index (κ3) is 2.02. The molecule has 0 atom stereocenters. The number of carbonyl (C=O) groups is 1. The molecule has 0 aromatic carbocycles. The van der Waals surface area contributed by atoms with E-state index in [1.165, 1.54) is 4.90 Å². The summed E-state index contributed by atoms with van der Waals surface area (Å²) >= 11 is 0. The maximum absolute atomic E-state index is 12.5. The second kappa shape index (κ2) is 3.86. The first kappa shape index (κ1) is 11.6. The highest BCUT2D eigenvalue weighted by Crippen LogP contribution is 2.29. The number of carbonyl (C=O) groups excluding carboxylic acids is 1. The summed E-state index contributed by atoms with van der Waals surface area (Å²) in [5.74, 6) is -1.20. The number of hydrogen-bond donors (Lipinski definition) is 0. The summed E-state index contributed by atoms with van der Waals surface area (Å²) in [7, 11) is 0.